The third-order valence-corrected chi connectivity index (χ3v) is 1.93. The summed E-state index contributed by atoms with van der Waals surface area (Å²) in [5.74, 6) is -0.753. The van der Waals surface area contributed by atoms with E-state index in [0.29, 0.717) is 0 Å². The lowest BCUT2D eigenvalue weighted by Gasteiger charge is -2.15. The van der Waals surface area contributed by atoms with E-state index in [0.717, 1.165) is 19.2 Å². The number of carbonyl (C=O) groups is 1. The molecular weight excluding hydrogens is 225 g/mol. The lowest BCUT2D eigenvalue weighted by Crippen LogP contribution is -2.20. The third kappa shape index (κ3) is 2.73. The molecule has 0 aliphatic heterocycles. The van der Waals surface area contributed by atoms with Crippen LogP contribution in [0.15, 0.2) is 24.3 Å². The van der Waals surface area contributed by atoms with E-state index in [9.17, 15) is 18.0 Å². The minimum absolute atomic E-state index is 0.0386. The number of aliphatic hydroxyl groups excluding tert-OH is 1. The van der Waals surface area contributed by atoms with E-state index in [1.54, 1.807) is 0 Å². The number of ether oxygens (including phenoxy) is 1. The molecule has 16 heavy (non-hydrogen) atoms. The van der Waals surface area contributed by atoms with Crippen molar-refractivity contribution in [2.24, 2.45) is 0 Å². The lowest BCUT2D eigenvalue weighted by molar-refractivity contribution is -0.206. The van der Waals surface area contributed by atoms with Crippen LogP contribution in [0.1, 0.15) is 22.0 Å². The Morgan fingerprint density at radius 3 is 2.56 bits per heavy atom. The second-order valence-electron chi connectivity index (χ2n) is 3.06. The molecule has 0 saturated carbocycles. The molecule has 6 heteroatoms. The van der Waals surface area contributed by atoms with E-state index < -0.39 is 23.8 Å². The number of methoxy groups -OCH3 is 1. The number of hydrogen-bond acceptors (Lipinski definition) is 3. The summed E-state index contributed by atoms with van der Waals surface area (Å²) >= 11 is 0. The molecule has 1 N–H and O–H groups in total. The highest BCUT2D eigenvalue weighted by molar-refractivity contribution is 5.89. The molecule has 0 unspecified atom stereocenters. The molecule has 0 aliphatic carbocycles. The SMILES string of the molecule is COC(=O)c1cccc([C@H](O)C(F)(F)F)c1. The first-order valence-electron chi connectivity index (χ1n) is 4.29. The Morgan fingerprint density at radius 1 is 1.44 bits per heavy atom. The van der Waals surface area contributed by atoms with Crippen molar-refractivity contribution in [1.29, 1.82) is 0 Å². The number of hydrogen-bond donors (Lipinski definition) is 1. The highest BCUT2D eigenvalue weighted by Gasteiger charge is 2.39. The van der Waals surface area contributed by atoms with Gasteiger partial charge in [-0.15, -0.1) is 0 Å². The zero-order chi connectivity index (χ0) is 12.3. The number of rotatable bonds is 2. The van der Waals surface area contributed by atoms with E-state index in [4.69, 9.17) is 5.11 Å². The number of alkyl halides is 3. The van der Waals surface area contributed by atoms with Crippen LogP contribution in [0.2, 0.25) is 0 Å². The Morgan fingerprint density at radius 2 is 2.06 bits per heavy atom. The van der Waals surface area contributed by atoms with Gasteiger partial charge in [-0.2, -0.15) is 13.2 Å². The van der Waals surface area contributed by atoms with E-state index in [1.165, 1.54) is 12.1 Å². The molecule has 88 valence electrons. The molecule has 1 rings (SSSR count). The van der Waals surface area contributed by atoms with Crippen molar-refractivity contribution in [3.63, 3.8) is 0 Å². The second kappa shape index (κ2) is 4.52. The van der Waals surface area contributed by atoms with Crippen LogP contribution in [0.5, 0.6) is 0 Å². The monoisotopic (exact) mass is 234 g/mol. The van der Waals surface area contributed by atoms with Crippen molar-refractivity contribution >= 4 is 5.97 Å². The summed E-state index contributed by atoms with van der Waals surface area (Å²) in [4.78, 5) is 11.1. The van der Waals surface area contributed by atoms with Gasteiger partial charge in [0.05, 0.1) is 12.7 Å². The highest BCUT2D eigenvalue weighted by atomic mass is 19.4. The first-order valence-corrected chi connectivity index (χ1v) is 4.29. The van der Waals surface area contributed by atoms with E-state index >= 15 is 0 Å². The fourth-order valence-electron chi connectivity index (χ4n) is 1.14. The molecule has 0 saturated heterocycles. The molecule has 0 fully saturated rings. The molecule has 0 aromatic heterocycles. The summed E-state index contributed by atoms with van der Waals surface area (Å²) in [5.41, 5.74) is -0.432. The van der Waals surface area contributed by atoms with Gasteiger partial charge in [-0.3, -0.25) is 0 Å². The first kappa shape index (κ1) is 12.5. The van der Waals surface area contributed by atoms with Crippen LogP contribution in [0.25, 0.3) is 0 Å². The van der Waals surface area contributed by atoms with E-state index in [-0.39, 0.29) is 5.56 Å². The van der Waals surface area contributed by atoms with Gasteiger partial charge in [0.1, 0.15) is 0 Å². The van der Waals surface area contributed by atoms with Crippen molar-refractivity contribution in [2.45, 2.75) is 12.3 Å². The zero-order valence-electron chi connectivity index (χ0n) is 8.28. The quantitative estimate of drug-likeness (QED) is 0.797. The number of esters is 1. The van der Waals surface area contributed by atoms with Crippen molar-refractivity contribution in [3.8, 4) is 0 Å². The minimum Gasteiger partial charge on any atom is -0.465 e. The molecule has 0 radical (unpaired) electrons. The number of benzene rings is 1. The molecule has 1 aromatic rings. The fraction of sp³-hybridized carbons (Fsp3) is 0.300. The Bertz CT molecular complexity index is 387. The first-order chi connectivity index (χ1) is 7.36. The van der Waals surface area contributed by atoms with Crippen molar-refractivity contribution in [3.05, 3.63) is 35.4 Å². The lowest BCUT2D eigenvalue weighted by atomic mass is 10.1. The van der Waals surface area contributed by atoms with Crippen LogP contribution in [0.4, 0.5) is 13.2 Å². The summed E-state index contributed by atoms with van der Waals surface area (Å²) in [5, 5.41) is 8.96. The fourth-order valence-corrected chi connectivity index (χ4v) is 1.14. The standard InChI is InChI=1S/C10H9F3O3/c1-16-9(15)7-4-2-3-6(5-7)8(14)10(11,12)13/h2-5,8,14H,1H3/t8-/m0/s1. The normalized spacial score (nSPS) is 13.3. The zero-order valence-corrected chi connectivity index (χ0v) is 8.28. The Balaban J connectivity index is 3.03. The maximum Gasteiger partial charge on any atom is 0.418 e. The van der Waals surface area contributed by atoms with Crippen LogP contribution in [0, 0.1) is 0 Å². The molecular formula is C10H9F3O3. The largest absolute Gasteiger partial charge is 0.465 e. The van der Waals surface area contributed by atoms with Crippen molar-refractivity contribution in [1.82, 2.24) is 0 Å². The topological polar surface area (TPSA) is 46.5 Å². The molecule has 0 heterocycles. The summed E-state index contributed by atoms with van der Waals surface area (Å²) in [6, 6.07) is 4.59. The van der Waals surface area contributed by atoms with Crippen LogP contribution in [0.3, 0.4) is 0 Å². The van der Waals surface area contributed by atoms with E-state index in [1.807, 2.05) is 0 Å². The number of aliphatic hydroxyl groups is 1. The average molecular weight is 234 g/mol. The molecule has 1 aromatic carbocycles. The van der Waals surface area contributed by atoms with Gasteiger partial charge in [0.2, 0.25) is 0 Å². The maximum atomic E-state index is 12.2. The molecule has 3 nitrogen and oxygen atoms in total. The van der Waals surface area contributed by atoms with Crippen molar-refractivity contribution in [2.75, 3.05) is 7.11 Å². The van der Waals surface area contributed by atoms with Crippen LogP contribution in [-0.4, -0.2) is 24.4 Å². The van der Waals surface area contributed by atoms with Gasteiger partial charge in [0.15, 0.2) is 6.10 Å². The average Bonchev–Trinajstić information content (AvgIpc) is 2.26. The third-order valence-electron chi connectivity index (χ3n) is 1.93. The predicted octanol–water partition coefficient (Wildman–Crippen LogP) is 2.07. The van der Waals surface area contributed by atoms with Gasteiger partial charge in [-0.1, -0.05) is 12.1 Å². The predicted molar refractivity (Wildman–Crippen MR) is 48.8 cm³/mol. The van der Waals surface area contributed by atoms with E-state index in [2.05, 4.69) is 4.74 Å². The Kier molecular flexibility index (Phi) is 3.54. The second-order valence-corrected chi connectivity index (χ2v) is 3.06. The minimum atomic E-state index is -4.76. The van der Waals surface area contributed by atoms with Crippen LogP contribution in [-0.2, 0) is 4.74 Å². The summed E-state index contributed by atoms with van der Waals surface area (Å²) < 4.78 is 40.9. The van der Waals surface area contributed by atoms with Gasteiger partial charge >= 0.3 is 12.1 Å². The van der Waals surface area contributed by atoms with Gasteiger partial charge in [0.25, 0.3) is 0 Å². The molecule has 0 bridgehead atoms. The molecule has 0 aliphatic rings. The molecule has 0 amide bonds. The maximum absolute atomic E-state index is 12.2. The number of carbonyl (C=O) groups excluding carboxylic acids is 1. The smallest absolute Gasteiger partial charge is 0.418 e. The number of halogens is 3. The Labute approximate surface area is 89.5 Å². The Hall–Kier alpha value is -1.56. The summed E-state index contributed by atoms with van der Waals surface area (Å²) in [7, 11) is 1.12. The van der Waals surface area contributed by atoms with Gasteiger partial charge in [0, 0.05) is 0 Å². The molecule has 1 atom stereocenters. The molecule has 0 spiro atoms. The van der Waals surface area contributed by atoms with Gasteiger partial charge < -0.3 is 9.84 Å². The van der Waals surface area contributed by atoms with Crippen LogP contribution >= 0.6 is 0 Å². The van der Waals surface area contributed by atoms with Crippen molar-refractivity contribution < 1.29 is 27.8 Å². The summed E-state index contributed by atoms with van der Waals surface area (Å²) in [6.07, 6.45) is -7.36. The summed E-state index contributed by atoms with van der Waals surface area (Å²) in [6.45, 7) is 0. The highest BCUT2D eigenvalue weighted by Crippen LogP contribution is 2.32. The van der Waals surface area contributed by atoms with Gasteiger partial charge in [-0.05, 0) is 17.7 Å². The van der Waals surface area contributed by atoms with Crippen LogP contribution < -0.4 is 0 Å². The van der Waals surface area contributed by atoms with Gasteiger partial charge in [-0.25, -0.2) is 4.79 Å².